The Morgan fingerprint density at radius 3 is 2.11 bits per heavy atom. The van der Waals surface area contributed by atoms with Crippen LogP contribution in [0.5, 0.6) is 23.0 Å². The molecule has 200 valence electrons. The van der Waals surface area contributed by atoms with E-state index in [-0.39, 0.29) is 41.4 Å². The van der Waals surface area contributed by atoms with Crippen LogP contribution in [0.3, 0.4) is 0 Å². The van der Waals surface area contributed by atoms with Gasteiger partial charge in [0.2, 0.25) is 6.29 Å². The van der Waals surface area contributed by atoms with E-state index >= 15 is 0 Å². The zero-order valence-electron chi connectivity index (χ0n) is 20.1. The third kappa shape index (κ3) is 7.02. The highest BCUT2D eigenvalue weighted by Gasteiger charge is 2.45. The lowest BCUT2D eigenvalue weighted by molar-refractivity contribution is -0.277. The molecule has 0 aliphatic carbocycles. The van der Waals surface area contributed by atoms with Crippen molar-refractivity contribution >= 4 is 17.7 Å². The van der Waals surface area contributed by atoms with Crippen molar-refractivity contribution in [3.8, 4) is 23.0 Å². The van der Waals surface area contributed by atoms with Gasteiger partial charge in [0, 0.05) is 32.4 Å². The van der Waals surface area contributed by atoms with Crippen LogP contribution in [-0.2, 0) is 20.7 Å². The average molecular weight is 520 g/mol. The van der Waals surface area contributed by atoms with Crippen molar-refractivity contribution in [3.63, 3.8) is 0 Å². The van der Waals surface area contributed by atoms with E-state index in [0.717, 1.165) is 31.5 Å². The fraction of sp³-hybridized carbons (Fsp3) is 0.400. The third-order valence-corrected chi connectivity index (χ3v) is 5.50. The SMILES string of the molecule is CC(=O)Oc1cc(OC(C)=O)c(C(=O)CCc2ccc(O)cc2)c(OC2OC(CO)C(O)C(O)C2O)c1. The number of benzene rings is 2. The Kier molecular flexibility index (Phi) is 9.18. The standard InChI is InChI=1S/C25H28O12/c1-12(27)34-16-9-18(35-13(2)28)21(17(30)8-5-14-3-6-15(29)7-4-14)19(10-16)36-25-24(33)23(32)22(31)20(11-26)37-25/h3-4,6-7,9-10,20,22-26,29,31-33H,5,8,11H2,1-2H3. The molecule has 1 saturated heterocycles. The number of esters is 2. The number of rotatable bonds is 9. The van der Waals surface area contributed by atoms with Gasteiger partial charge in [0.1, 0.15) is 53.0 Å². The second-order valence-corrected chi connectivity index (χ2v) is 8.39. The molecule has 0 aromatic heterocycles. The maximum atomic E-state index is 13.3. The molecule has 0 bridgehead atoms. The van der Waals surface area contributed by atoms with Gasteiger partial charge < -0.3 is 44.5 Å². The second-order valence-electron chi connectivity index (χ2n) is 8.39. The van der Waals surface area contributed by atoms with Crippen LogP contribution in [0.25, 0.3) is 0 Å². The van der Waals surface area contributed by atoms with Gasteiger partial charge in [-0.25, -0.2) is 0 Å². The van der Waals surface area contributed by atoms with Crippen molar-refractivity contribution in [2.75, 3.05) is 6.61 Å². The first-order valence-corrected chi connectivity index (χ1v) is 11.3. The van der Waals surface area contributed by atoms with E-state index in [2.05, 4.69) is 0 Å². The van der Waals surface area contributed by atoms with Crippen molar-refractivity contribution < 1.29 is 58.9 Å². The first-order valence-electron chi connectivity index (χ1n) is 11.3. The molecule has 1 aliphatic heterocycles. The lowest BCUT2D eigenvalue weighted by atomic mass is 9.98. The van der Waals surface area contributed by atoms with Gasteiger partial charge in [0.15, 0.2) is 5.78 Å². The number of hydrogen-bond acceptors (Lipinski definition) is 12. The topological polar surface area (TPSA) is 189 Å². The molecule has 5 atom stereocenters. The summed E-state index contributed by atoms with van der Waals surface area (Å²) in [5, 5.41) is 49.4. The number of ketones is 1. The van der Waals surface area contributed by atoms with Gasteiger partial charge >= 0.3 is 11.9 Å². The number of carbonyl (C=O) groups is 3. The smallest absolute Gasteiger partial charge is 0.308 e. The fourth-order valence-corrected chi connectivity index (χ4v) is 3.73. The maximum Gasteiger partial charge on any atom is 0.308 e. The molecule has 0 radical (unpaired) electrons. The third-order valence-electron chi connectivity index (χ3n) is 5.50. The number of phenolic OH excluding ortho intramolecular Hbond substituents is 1. The zero-order valence-corrected chi connectivity index (χ0v) is 20.1. The normalized spacial score (nSPS) is 23.2. The first-order chi connectivity index (χ1) is 17.5. The predicted molar refractivity (Wildman–Crippen MR) is 124 cm³/mol. The Balaban J connectivity index is 2.01. The summed E-state index contributed by atoms with van der Waals surface area (Å²) in [5.74, 6) is -2.76. The van der Waals surface area contributed by atoms with Crippen molar-refractivity contribution in [1.82, 2.24) is 0 Å². The van der Waals surface area contributed by atoms with Gasteiger partial charge in [-0.05, 0) is 24.1 Å². The first kappa shape index (κ1) is 28.0. The summed E-state index contributed by atoms with van der Waals surface area (Å²) in [7, 11) is 0. The largest absolute Gasteiger partial charge is 0.508 e. The number of Topliss-reactive ketones (excluding diaryl/α,β-unsaturated/α-hetero) is 1. The summed E-state index contributed by atoms with van der Waals surface area (Å²) in [6, 6.07) is 8.48. The van der Waals surface area contributed by atoms with Crippen LogP contribution in [-0.4, -0.2) is 80.6 Å². The maximum absolute atomic E-state index is 13.3. The quantitative estimate of drug-likeness (QED) is 0.172. The van der Waals surface area contributed by atoms with E-state index in [1.807, 2.05) is 0 Å². The summed E-state index contributed by atoms with van der Waals surface area (Å²) in [4.78, 5) is 36.7. The summed E-state index contributed by atoms with van der Waals surface area (Å²) in [6.45, 7) is 1.51. The molecule has 0 saturated carbocycles. The molecular weight excluding hydrogens is 492 g/mol. The molecule has 1 fully saturated rings. The van der Waals surface area contributed by atoms with Crippen LogP contribution in [0.15, 0.2) is 36.4 Å². The van der Waals surface area contributed by atoms with Crippen LogP contribution < -0.4 is 14.2 Å². The van der Waals surface area contributed by atoms with Crippen molar-refractivity contribution in [2.45, 2.75) is 57.4 Å². The molecule has 1 aliphatic rings. The number of aliphatic hydroxyl groups excluding tert-OH is 4. The number of hydrogen-bond donors (Lipinski definition) is 5. The minimum atomic E-state index is -1.80. The lowest BCUT2D eigenvalue weighted by Crippen LogP contribution is -2.60. The highest BCUT2D eigenvalue weighted by molar-refractivity contribution is 6.02. The van der Waals surface area contributed by atoms with Gasteiger partial charge in [-0.15, -0.1) is 0 Å². The highest BCUT2D eigenvalue weighted by Crippen LogP contribution is 2.38. The van der Waals surface area contributed by atoms with E-state index < -0.39 is 55.0 Å². The Morgan fingerprint density at radius 2 is 1.51 bits per heavy atom. The predicted octanol–water partition coefficient (Wildman–Crippen LogP) is 0.237. The van der Waals surface area contributed by atoms with E-state index in [4.69, 9.17) is 18.9 Å². The van der Waals surface area contributed by atoms with Crippen molar-refractivity contribution in [1.29, 1.82) is 0 Å². The molecular formula is C25H28O12. The molecule has 0 amide bonds. The molecule has 2 aromatic rings. The summed E-state index contributed by atoms with van der Waals surface area (Å²) >= 11 is 0. The minimum Gasteiger partial charge on any atom is -0.508 e. The molecule has 12 nitrogen and oxygen atoms in total. The Bertz CT molecular complexity index is 1130. The average Bonchev–Trinajstić information content (AvgIpc) is 2.83. The molecule has 12 heteroatoms. The Labute approximate surface area is 211 Å². The molecule has 3 rings (SSSR count). The summed E-state index contributed by atoms with van der Waals surface area (Å²) in [5.41, 5.74) is 0.495. The van der Waals surface area contributed by atoms with Crippen LogP contribution in [0.2, 0.25) is 0 Å². The van der Waals surface area contributed by atoms with E-state index in [1.54, 1.807) is 12.1 Å². The molecule has 5 unspecified atom stereocenters. The van der Waals surface area contributed by atoms with Crippen molar-refractivity contribution in [3.05, 3.63) is 47.5 Å². The Morgan fingerprint density at radius 1 is 0.892 bits per heavy atom. The molecule has 0 spiro atoms. The van der Waals surface area contributed by atoms with Crippen LogP contribution in [0.4, 0.5) is 0 Å². The summed E-state index contributed by atoms with van der Waals surface area (Å²) in [6.07, 6.45) is -8.02. The highest BCUT2D eigenvalue weighted by atomic mass is 16.7. The summed E-state index contributed by atoms with van der Waals surface area (Å²) < 4.78 is 21.3. The van der Waals surface area contributed by atoms with Gasteiger partial charge in [0.05, 0.1) is 6.61 Å². The molecule has 37 heavy (non-hydrogen) atoms. The molecule has 5 N–H and O–H groups in total. The van der Waals surface area contributed by atoms with Gasteiger partial charge in [-0.2, -0.15) is 0 Å². The van der Waals surface area contributed by atoms with Gasteiger partial charge in [0.25, 0.3) is 0 Å². The van der Waals surface area contributed by atoms with Crippen LogP contribution in [0.1, 0.15) is 36.2 Å². The number of ether oxygens (including phenoxy) is 4. The number of phenols is 1. The number of carbonyl (C=O) groups excluding carboxylic acids is 3. The molecule has 2 aromatic carbocycles. The minimum absolute atomic E-state index is 0.0588. The van der Waals surface area contributed by atoms with E-state index in [1.165, 1.54) is 12.1 Å². The van der Waals surface area contributed by atoms with E-state index in [9.17, 15) is 39.9 Å². The number of aliphatic hydroxyl groups is 4. The monoisotopic (exact) mass is 520 g/mol. The number of aryl methyl sites for hydroxylation is 1. The molecule has 1 heterocycles. The fourth-order valence-electron chi connectivity index (χ4n) is 3.73. The van der Waals surface area contributed by atoms with Gasteiger partial charge in [-0.3, -0.25) is 14.4 Å². The Hall–Kier alpha value is -3.55. The zero-order chi connectivity index (χ0) is 27.3. The van der Waals surface area contributed by atoms with Crippen molar-refractivity contribution in [2.24, 2.45) is 0 Å². The lowest BCUT2D eigenvalue weighted by Gasteiger charge is -2.39. The second kappa shape index (κ2) is 12.1. The van der Waals surface area contributed by atoms with Crippen LogP contribution in [0, 0.1) is 0 Å². The van der Waals surface area contributed by atoms with E-state index in [0.29, 0.717) is 0 Å². The van der Waals surface area contributed by atoms with Gasteiger partial charge in [-0.1, -0.05) is 12.1 Å². The number of aromatic hydroxyl groups is 1. The van der Waals surface area contributed by atoms with Crippen LogP contribution >= 0.6 is 0 Å².